The van der Waals surface area contributed by atoms with Gasteiger partial charge in [0.2, 0.25) is 0 Å². The van der Waals surface area contributed by atoms with Crippen molar-refractivity contribution in [3.8, 4) is 0 Å². The van der Waals surface area contributed by atoms with E-state index in [4.69, 9.17) is 4.43 Å². The maximum absolute atomic E-state index is 5.50. The first-order valence-electron chi connectivity index (χ1n) is 5.77. The molecule has 0 aliphatic rings. The minimum absolute atomic E-state index is 0.207. The summed E-state index contributed by atoms with van der Waals surface area (Å²) in [5.41, 5.74) is 1.62. The molecule has 15 heavy (non-hydrogen) atoms. The van der Waals surface area contributed by atoms with Crippen molar-refractivity contribution in [3.63, 3.8) is 0 Å². The SMILES string of the molecule is CCCCC(C)(CO[SiH3])c1ccccc1. The molecule has 0 saturated heterocycles. The van der Waals surface area contributed by atoms with Gasteiger partial charge in [-0.3, -0.25) is 0 Å². The van der Waals surface area contributed by atoms with E-state index in [1.807, 2.05) is 0 Å². The van der Waals surface area contributed by atoms with Crippen molar-refractivity contribution in [2.75, 3.05) is 6.61 Å². The van der Waals surface area contributed by atoms with Gasteiger partial charge in [-0.2, -0.15) is 0 Å². The van der Waals surface area contributed by atoms with Crippen molar-refractivity contribution in [2.45, 2.75) is 38.5 Å². The zero-order valence-electron chi connectivity index (χ0n) is 10.1. The molecule has 0 fully saturated rings. The second kappa shape index (κ2) is 6.08. The molecule has 0 amide bonds. The lowest BCUT2D eigenvalue weighted by Crippen LogP contribution is -2.28. The Kier molecular flexibility index (Phi) is 5.06. The van der Waals surface area contributed by atoms with Gasteiger partial charge in [-0.05, 0) is 12.0 Å². The summed E-state index contributed by atoms with van der Waals surface area (Å²) in [4.78, 5) is 0. The smallest absolute Gasteiger partial charge is 0.146 e. The Morgan fingerprint density at radius 1 is 1.27 bits per heavy atom. The van der Waals surface area contributed by atoms with Gasteiger partial charge in [0, 0.05) is 12.0 Å². The van der Waals surface area contributed by atoms with Gasteiger partial charge < -0.3 is 4.43 Å². The summed E-state index contributed by atoms with van der Waals surface area (Å²) < 4.78 is 5.50. The van der Waals surface area contributed by atoms with Gasteiger partial charge in [-0.25, -0.2) is 0 Å². The number of unbranched alkanes of at least 4 members (excludes halogenated alkanes) is 1. The molecule has 1 rings (SSSR count). The first kappa shape index (κ1) is 12.5. The van der Waals surface area contributed by atoms with E-state index < -0.39 is 0 Å². The average molecular weight is 222 g/mol. The van der Waals surface area contributed by atoms with Gasteiger partial charge in [0.15, 0.2) is 0 Å². The summed E-state index contributed by atoms with van der Waals surface area (Å²) in [5.74, 6) is 0. The van der Waals surface area contributed by atoms with Crippen molar-refractivity contribution >= 4 is 10.5 Å². The Balaban J connectivity index is 2.80. The van der Waals surface area contributed by atoms with Crippen LogP contribution in [0.25, 0.3) is 0 Å². The van der Waals surface area contributed by atoms with Gasteiger partial charge in [-0.15, -0.1) is 0 Å². The third-order valence-electron chi connectivity index (χ3n) is 3.02. The van der Waals surface area contributed by atoms with Crippen LogP contribution in [0.5, 0.6) is 0 Å². The zero-order valence-corrected chi connectivity index (χ0v) is 12.1. The zero-order chi connectivity index (χ0) is 11.1. The summed E-state index contributed by atoms with van der Waals surface area (Å²) in [7, 11) is 0.830. The molecule has 0 heterocycles. The number of hydrogen-bond donors (Lipinski definition) is 0. The van der Waals surface area contributed by atoms with Gasteiger partial charge in [0.25, 0.3) is 0 Å². The maximum Gasteiger partial charge on any atom is 0.146 e. The first-order chi connectivity index (χ1) is 7.23. The lowest BCUT2D eigenvalue weighted by atomic mass is 9.79. The molecule has 0 aliphatic heterocycles. The summed E-state index contributed by atoms with van der Waals surface area (Å²) in [6, 6.07) is 10.7. The van der Waals surface area contributed by atoms with E-state index in [1.165, 1.54) is 24.8 Å². The topological polar surface area (TPSA) is 9.23 Å². The Hall–Kier alpha value is -0.603. The van der Waals surface area contributed by atoms with Crippen LogP contribution in [0.2, 0.25) is 0 Å². The molecule has 1 nitrogen and oxygen atoms in total. The summed E-state index contributed by atoms with van der Waals surface area (Å²) in [6.07, 6.45) is 3.75. The van der Waals surface area contributed by atoms with Crippen LogP contribution in [0.3, 0.4) is 0 Å². The van der Waals surface area contributed by atoms with E-state index in [1.54, 1.807) is 0 Å². The highest BCUT2D eigenvalue weighted by molar-refractivity contribution is 5.98. The molecule has 0 bridgehead atoms. The Bertz CT molecular complexity index is 273. The predicted molar refractivity (Wildman–Crippen MR) is 69.2 cm³/mol. The predicted octanol–water partition coefficient (Wildman–Crippen LogP) is 2.43. The van der Waals surface area contributed by atoms with Crippen LogP contribution in [-0.2, 0) is 9.84 Å². The third-order valence-corrected chi connectivity index (χ3v) is 3.30. The highest BCUT2D eigenvalue weighted by atomic mass is 28.2. The van der Waals surface area contributed by atoms with E-state index >= 15 is 0 Å². The monoisotopic (exact) mass is 222 g/mol. The molecule has 1 aromatic carbocycles. The van der Waals surface area contributed by atoms with Crippen LogP contribution in [0, 0.1) is 0 Å². The summed E-state index contributed by atoms with van der Waals surface area (Å²) in [5, 5.41) is 0. The number of benzene rings is 1. The van der Waals surface area contributed by atoms with Crippen molar-refractivity contribution in [1.29, 1.82) is 0 Å². The summed E-state index contributed by atoms with van der Waals surface area (Å²) >= 11 is 0. The highest BCUT2D eigenvalue weighted by Gasteiger charge is 2.25. The molecule has 0 N–H and O–H groups in total. The minimum atomic E-state index is 0.207. The average Bonchev–Trinajstić information content (AvgIpc) is 2.28. The standard InChI is InChI=1S/C13H22OSi/c1-3-4-10-13(2,11-14-15)12-8-6-5-7-9-12/h5-9H,3-4,10-11H2,1-2,15H3. The second-order valence-electron chi connectivity index (χ2n) is 4.46. The first-order valence-corrected chi connectivity index (χ1v) is 6.59. The maximum atomic E-state index is 5.50. The Morgan fingerprint density at radius 2 is 1.93 bits per heavy atom. The van der Waals surface area contributed by atoms with Gasteiger partial charge >= 0.3 is 0 Å². The molecule has 0 aliphatic carbocycles. The summed E-state index contributed by atoms with van der Waals surface area (Å²) in [6.45, 7) is 5.42. The fourth-order valence-electron chi connectivity index (χ4n) is 2.03. The minimum Gasteiger partial charge on any atom is -0.427 e. The van der Waals surface area contributed by atoms with E-state index in [0.29, 0.717) is 0 Å². The van der Waals surface area contributed by atoms with Crippen molar-refractivity contribution < 1.29 is 4.43 Å². The molecule has 0 aromatic heterocycles. The molecule has 84 valence electrons. The van der Waals surface area contributed by atoms with Crippen molar-refractivity contribution in [1.82, 2.24) is 0 Å². The van der Waals surface area contributed by atoms with Crippen LogP contribution in [0.1, 0.15) is 38.7 Å². The largest absolute Gasteiger partial charge is 0.427 e. The van der Waals surface area contributed by atoms with Gasteiger partial charge in [-0.1, -0.05) is 57.0 Å². The molecule has 1 aromatic rings. The highest BCUT2D eigenvalue weighted by Crippen LogP contribution is 2.29. The molecule has 2 heteroatoms. The van der Waals surface area contributed by atoms with E-state index in [0.717, 1.165) is 17.1 Å². The quantitative estimate of drug-likeness (QED) is 0.672. The van der Waals surface area contributed by atoms with Crippen LogP contribution in [-0.4, -0.2) is 17.1 Å². The number of hydrogen-bond acceptors (Lipinski definition) is 1. The normalized spacial score (nSPS) is 15.1. The lowest BCUT2D eigenvalue weighted by molar-refractivity contribution is 0.230. The molecular weight excluding hydrogens is 200 g/mol. The van der Waals surface area contributed by atoms with Crippen molar-refractivity contribution in [2.24, 2.45) is 0 Å². The third kappa shape index (κ3) is 3.47. The molecule has 0 radical (unpaired) electrons. The fourth-order valence-corrected chi connectivity index (χ4v) is 2.66. The second-order valence-corrected chi connectivity index (χ2v) is 5.04. The van der Waals surface area contributed by atoms with E-state index in [2.05, 4.69) is 44.2 Å². The fraction of sp³-hybridized carbons (Fsp3) is 0.538. The van der Waals surface area contributed by atoms with Crippen LogP contribution in [0.4, 0.5) is 0 Å². The molecular formula is C13H22OSi. The molecule has 0 spiro atoms. The Labute approximate surface area is 96.4 Å². The molecule has 1 atom stereocenters. The lowest BCUT2D eigenvalue weighted by Gasteiger charge is -2.29. The van der Waals surface area contributed by atoms with Crippen LogP contribution < -0.4 is 0 Å². The van der Waals surface area contributed by atoms with Crippen molar-refractivity contribution in [3.05, 3.63) is 35.9 Å². The van der Waals surface area contributed by atoms with Gasteiger partial charge in [0.1, 0.15) is 10.5 Å². The van der Waals surface area contributed by atoms with Crippen LogP contribution in [0.15, 0.2) is 30.3 Å². The van der Waals surface area contributed by atoms with E-state index in [9.17, 15) is 0 Å². The van der Waals surface area contributed by atoms with E-state index in [-0.39, 0.29) is 5.41 Å². The molecule has 1 unspecified atom stereocenters. The van der Waals surface area contributed by atoms with Gasteiger partial charge in [0.05, 0.1) is 0 Å². The number of rotatable bonds is 6. The Morgan fingerprint density at radius 3 is 2.47 bits per heavy atom. The van der Waals surface area contributed by atoms with Crippen LogP contribution >= 0.6 is 0 Å². The molecule has 0 saturated carbocycles.